The first kappa shape index (κ1) is 14.6. The number of amides is 1. The number of thiophene rings is 1. The lowest BCUT2D eigenvalue weighted by Gasteiger charge is -2.29. The van der Waals surface area contributed by atoms with Crippen LogP contribution >= 0.6 is 27.3 Å². The number of ether oxygens (including phenoxy) is 1. The maximum Gasteiger partial charge on any atom is 0.247 e. The average molecular weight is 373 g/mol. The molecule has 2 aromatic rings. The van der Waals surface area contributed by atoms with Crippen LogP contribution in [0.15, 0.2) is 20.4 Å². The molecule has 0 bridgehead atoms. The number of hydrogen-bond acceptors (Lipinski definition) is 7. The molecular formula is C12H13BrN4O3S. The molecule has 9 heteroatoms. The quantitative estimate of drug-likeness (QED) is 0.867. The van der Waals surface area contributed by atoms with E-state index in [0.717, 1.165) is 8.66 Å². The van der Waals surface area contributed by atoms with E-state index in [0.29, 0.717) is 38.0 Å². The molecule has 1 saturated heterocycles. The van der Waals surface area contributed by atoms with Crippen LogP contribution in [0.5, 0.6) is 0 Å². The molecule has 1 amide bonds. The van der Waals surface area contributed by atoms with Crippen LogP contribution in [0.2, 0.25) is 0 Å². The van der Waals surface area contributed by atoms with Gasteiger partial charge in [0.1, 0.15) is 6.10 Å². The fourth-order valence-corrected chi connectivity index (χ4v) is 3.37. The summed E-state index contributed by atoms with van der Waals surface area (Å²) in [6.07, 6.45) is -0.575. The molecule has 3 heterocycles. The summed E-state index contributed by atoms with van der Waals surface area (Å²) < 4.78 is 11.6. The zero-order valence-corrected chi connectivity index (χ0v) is 13.4. The maximum absolute atomic E-state index is 11.2. The van der Waals surface area contributed by atoms with E-state index in [2.05, 4.69) is 26.1 Å². The third kappa shape index (κ3) is 3.49. The van der Waals surface area contributed by atoms with Gasteiger partial charge in [-0.3, -0.25) is 9.69 Å². The highest BCUT2D eigenvalue weighted by molar-refractivity contribution is 9.11. The molecular weight excluding hydrogens is 360 g/mol. The number of carbonyl (C=O) groups excluding carboxylic acids is 1. The average Bonchev–Trinajstić information content (AvgIpc) is 3.08. The summed E-state index contributed by atoms with van der Waals surface area (Å²) in [5.74, 6) is 0.634. The van der Waals surface area contributed by atoms with Crippen LogP contribution in [0.4, 0.5) is 0 Å². The second kappa shape index (κ2) is 6.22. The Kier molecular flexibility index (Phi) is 4.34. The lowest BCUT2D eigenvalue weighted by molar-refractivity contribution is -0.135. The van der Waals surface area contributed by atoms with Gasteiger partial charge in [0.15, 0.2) is 0 Å². The molecule has 0 saturated carbocycles. The third-order valence-corrected chi connectivity index (χ3v) is 4.71. The molecule has 21 heavy (non-hydrogen) atoms. The van der Waals surface area contributed by atoms with Crippen molar-refractivity contribution in [1.82, 2.24) is 15.0 Å². The lowest BCUT2D eigenvalue weighted by Crippen LogP contribution is -2.47. The van der Waals surface area contributed by atoms with Crippen molar-refractivity contribution in [2.75, 3.05) is 19.7 Å². The molecule has 7 nitrogen and oxygen atoms in total. The van der Waals surface area contributed by atoms with Crippen LogP contribution in [0.25, 0.3) is 10.7 Å². The molecule has 0 aromatic carbocycles. The minimum atomic E-state index is -0.575. The summed E-state index contributed by atoms with van der Waals surface area (Å²) in [7, 11) is 0. The predicted octanol–water partition coefficient (Wildman–Crippen LogP) is 1.25. The SMILES string of the molecule is NC(=O)C1CN(Cc2nc(-c3ccc(Br)s3)no2)CCO1. The fourth-order valence-electron chi connectivity index (χ4n) is 2.06. The largest absolute Gasteiger partial charge is 0.367 e. The Labute approximate surface area is 133 Å². The molecule has 0 spiro atoms. The zero-order valence-electron chi connectivity index (χ0n) is 11.0. The number of nitrogens with two attached hydrogens (primary N) is 1. The molecule has 2 N–H and O–H groups in total. The van der Waals surface area contributed by atoms with Crippen molar-refractivity contribution in [3.05, 3.63) is 21.8 Å². The summed E-state index contributed by atoms with van der Waals surface area (Å²) in [4.78, 5) is 18.5. The maximum atomic E-state index is 11.2. The van der Waals surface area contributed by atoms with E-state index in [1.165, 1.54) is 0 Å². The number of rotatable bonds is 4. The van der Waals surface area contributed by atoms with Gasteiger partial charge in [0.05, 0.1) is 21.8 Å². The Morgan fingerprint density at radius 2 is 2.43 bits per heavy atom. The number of primary amides is 1. The van der Waals surface area contributed by atoms with Gasteiger partial charge in [0.25, 0.3) is 0 Å². The third-order valence-electron chi connectivity index (χ3n) is 3.09. The van der Waals surface area contributed by atoms with Gasteiger partial charge in [0.2, 0.25) is 17.6 Å². The van der Waals surface area contributed by atoms with Crippen LogP contribution in [0, 0.1) is 0 Å². The van der Waals surface area contributed by atoms with Crippen molar-refractivity contribution in [2.45, 2.75) is 12.6 Å². The number of aromatic nitrogens is 2. The molecule has 3 rings (SSSR count). The van der Waals surface area contributed by atoms with Crippen LogP contribution in [-0.4, -0.2) is 46.7 Å². The van der Waals surface area contributed by atoms with Gasteiger partial charge in [-0.2, -0.15) is 4.98 Å². The summed E-state index contributed by atoms with van der Waals surface area (Å²) in [5, 5.41) is 3.97. The molecule has 2 aromatic heterocycles. The van der Waals surface area contributed by atoms with Crippen LogP contribution in [0.3, 0.4) is 0 Å². The van der Waals surface area contributed by atoms with E-state index < -0.39 is 12.0 Å². The molecule has 1 aliphatic heterocycles. The molecule has 0 radical (unpaired) electrons. The van der Waals surface area contributed by atoms with Crippen LogP contribution < -0.4 is 5.73 Å². The van der Waals surface area contributed by atoms with Gasteiger partial charge in [-0.25, -0.2) is 0 Å². The van der Waals surface area contributed by atoms with E-state index in [4.69, 9.17) is 15.0 Å². The highest BCUT2D eigenvalue weighted by Gasteiger charge is 2.26. The first-order valence-corrected chi connectivity index (χ1v) is 7.94. The monoisotopic (exact) mass is 372 g/mol. The Hall–Kier alpha value is -1.29. The summed E-state index contributed by atoms with van der Waals surface area (Å²) in [6, 6.07) is 3.87. The number of hydrogen-bond donors (Lipinski definition) is 1. The van der Waals surface area contributed by atoms with Gasteiger partial charge >= 0.3 is 0 Å². The van der Waals surface area contributed by atoms with Crippen molar-refractivity contribution in [3.63, 3.8) is 0 Å². The van der Waals surface area contributed by atoms with E-state index in [1.807, 2.05) is 17.0 Å². The molecule has 1 fully saturated rings. The van der Waals surface area contributed by atoms with Crippen molar-refractivity contribution in [3.8, 4) is 10.7 Å². The number of carbonyl (C=O) groups is 1. The molecule has 1 unspecified atom stereocenters. The van der Waals surface area contributed by atoms with Crippen molar-refractivity contribution in [2.24, 2.45) is 5.73 Å². The normalized spacial score (nSPS) is 19.8. The molecule has 1 aliphatic rings. The van der Waals surface area contributed by atoms with Crippen LogP contribution in [0.1, 0.15) is 5.89 Å². The van der Waals surface area contributed by atoms with Crippen molar-refractivity contribution in [1.29, 1.82) is 0 Å². The van der Waals surface area contributed by atoms with E-state index >= 15 is 0 Å². The second-order valence-electron chi connectivity index (χ2n) is 4.61. The van der Waals surface area contributed by atoms with Crippen LogP contribution in [-0.2, 0) is 16.1 Å². The highest BCUT2D eigenvalue weighted by atomic mass is 79.9. The minimum absolute atomic E-state index is 0.442. The van der Waals surface area contributed by atoms with Crippen molar-refractivity contribution < 1.29 is 14.1 Å². The molecule has 112 valence electrons. The standard InChI is InChI=1S/C12H13BrN4O3S/c13-9-2-1-8(21-9)12-15-10(20-16-12)6-17-3-4-19-7(5-17)11(14)18/h1-2,7H,3-6H2,(H2,14,18). The number of morpholine rings is 1. The van der Waals surface area contributed by atoms with E-state index in [1.54, 1.807) is 11.3 Å². The highest BCUT2D eigenvalue weighted by Crippen LogP contribution is 2.29. The lowest BCUT2D eigenvalue weighted by atomic mass is 10.2. The van der Waals surface area contributed by atoms with E-state index in [9.17, 15) is 4.79 Å². The number of nitrogens with zero attached hydrogens (tertiary/aromatic N) is 3. The van der Waals surface area contributed by atoms with Gasteiger partial charge in [-0.15, -0.1) is 11.3 Å². The first-order chi connectivity index (χ1) is 10.1. The zero-order chi connectivity index (χ0) is 14.8. The number of halogens is 1. The topological polar surface area (TPSA) is 94.5 Å². The Morgan fingerprint density at radius 1 is 1.57 bits per heavy atom. The van der Waals surface area contributed by atoms with Gasteiger partial charge in [-0.1, -0.05) is 5.16 Å². The summed E-state index contributed by atoms with van der Waals surface area (Å²) >= 11 is 4.94. The second-order valence-corrected chi connectivity index (χ2v) is 7.08. The molecule has 0 aliphatic carbocycles. The van der Waals surface area contributed by atoms with Gasteiger partial charge < -0.3 is 15.0 Å². The molecule has 1 atom stereocenters. The predicted molar refractivity (Wildman–Crippen MR) is 79.5 cm³/mol. The summed E-state index contributed by atoms with van der Waals surface area (Å²) in [5.41, 5.74) is 5.26. The van der Waals surface area contributed by atoms with E-state index in [-0.39, 0.29) is 0 Å². The fraction of sp³-hybridized carbons (Fsp3) is 0.417. The van der Waals surface area contributed by atoms with Gasteiger partial charge in [0, 0.05) is 13.1 Å². The minimum Gasteiger partial charge on any atom is -0.367 e. The van der Waals surface area contributed by atoms with Crippen molar-refractivity contribution >= 4 is 33.2 Å². The summed E-state index contributed by atoms with van der Waals surface area (Å²) in [6.45, 7) is 2.09. The Balaban J connectivity index is 1.65. The Bertz CT molecular complexity index is 644. The van der Waals surface area contributed by atoms with Gasteiger partial charge in [-0.05, 0) is 28.1 Å². The first-order valence-electron chi connectivity index (χ1n) is 6.33. The Morgan fingerprint density at radius 3 is 3.14 bits per heavy atom. The smallest absolute Gasteiger partial charge is 0.247 e.